The van der Waals surface area contributed by atoms with Crippen molar-refractivity contribution >= 4 is 0 Å². The molecule has 0 N–H and O–H groups in total. The first kappa shape index (κ1) is 17.2. The molecule has 0 spiro atoms. The SMILES string of the molecule is C[CH]CC/C=C(\C)CC/C=C(\C)CCC=C(C)C. The van der Waals surface area contributed by atoms with Crippen molar-refractivity contribution in [1.82, 2.24) is 0 Å². The predicted molar refractivity (Wildman–Crippen MR) is 84.6 cm³/mol. The van der Waals surface area contributed by atoms with Gasteiger partial charge in [-0.05, 0) is 72.6 Å². The molecule has 0 aliphatic carbocycles. The monoisotopic (exact) mass is 247 g/mol. The highest BCUT2D eigenvalue weighted by Gasteiger charge is 1.92. The Hall–Kier alpha value is -0.780. The third kappa shape index (κ3) is 11.7. The Morgan fingerprint density at radius 3 is 1.67 bits per heavy atom. The highest BCUT2D eigenvalue weighted by molar-refractivity contribution is 5.05. The maximum atomic E-state index is 2.40. The summed E-state index contributed by atoms with van der Waals surface area (Å²) in [6, 6.07) is 0. The molecule has 0 heterocycles. The van der Waals surface area contributed by atoms with E-state index in [4.69, 9.17) is 0 Å². The zero-order valence-corrected chi connectivity index (χ0v) is 13.1. The smallest absolute Gasteiger partial charge is 0.0288 e. The molecule has 0 rings (SSSR count). The third-order valence-corrected chi connectivity index (χ3v) is 3.07. The molecule has 0 saturated heterocycles. The summed E-state index contributed by atoms with van der Waals surface area (Å²) in [4.78, 5) is 0. The average molecular weight is 247 g/mol. The minimum atomic E-state index is 1.19. The molecule has 0 saturated carbocycles. The summed E-state index contributed by atoms with van der Waals surface area (Å²) in [5.74, 6) is 0. The van der Waals surface area contributed by atoms with Gasteiger partial charge < -0.3 is 0 Å². The highest BCUT2D eigenvalue weighted by atomic mass is 14.0. The van der Waals surface area contributed by atoms with Gasteiger partial charge in [-0.3, -0.25) is 0 Å². The average Bonchev–Trinajstić information content (AvgIpc) is 2.29. The van der Waals surface area contributed by atoms with Crippen LogP contribution in [-0.4, -0.2) is 0 Å². The van der Waals surface area contributed by atoms with Gasteiger partial charge in [0.15, 0.2) is 0 Å². The van der Waals surface area contributed by atoms with Crippen molar-refractivity contribution in [2.75, 3.05) is 0 Å². The van der Waals surface area contributed by atoms with Crippen molar-refractivity contribution in [1.29, 1.82) is 0 Å². The summed E-state index contributed by atoms with van der Waals surface area (Å²) in [5, 5.41) is 0. The van der Waals surface area contributed by atoms with Crippen LogP contribution in [0.4, 0.5) is 0 Å². The summed E-state index contributed by atoms with van der Waals surface area (Å²) in [7, 11) is 0. The lowest BCUT2D eigenvalue weighted by Crippen LogP contribution is -1.81. The van der Waals surface area contributed by atoms with Crippen molar-refractivity contribution in [3.8, 4) is 0 Å². The fraction of sp³-hybridized carbons (Fsp3) is 0.611. The molecule has 0 fully saturated rings. The Balaban J connectivity index is 3.79. The molecule has 0 aromatic heterocycles. The van der Waals surface area contributed by atoms with Crippen molar-refractivity contribution in [2.45, 2.75) is 73.1 Å². The topological polar surface area (TPSA) is 0 Å². The summed E-state index contributed by atoms with van der Waals surface area (Å²) in [5.41, 5.74) is 4.49. The maximum Gasteiger partial charge on any atom is -0.0288 e. The van der Waals surface area contributed by atoms with E-state index >= 15 is 0 Å². The van der Waals surface area contributed by atoms with Gasteiger partial charge in [0.2, 0.25) is 0 Å². The molecule has 0 aliphatic heterocycles. The lowest BCUT2D eigenvalue weighted by Gasteiger charge is -2.01. The first-order chi connectivity index (χ1) is 8.56. The Kier molecular flexibility index (Phi) is 10.8. The third-order valence-electron chi connectivity index (χ3n) is 3.07. The number of allylic oxidation sites excluding steroid dienone is 6. The Morgan fingerprint density at radius 2 is 1.17 bits per heavy atom. The van der Waals surface area contributed by atoms with E-state index in [1.807, 2.05) is 0 Å². The molecule has 0 atom stereocenters. The van der Waals surface area contributed by atoms with E-state index in [0.29, 0.717) is 0 Å². The van der Waals surface area contributed by atoms with Gasteiger partial charge in [-0.25, -0.2) is 0 Å². The zero-order chi connectivity index (χ0) is 13.8. The fourth-order valence-corrected chi connectivity index (χ4v) is 1.84. The van der Waals surface area contributed by atoms with Gasteiger partial charge in [0.1, 0.15) is 0 Å². The first-order valence-electron chi connectivity index (χ1n) is 7.28. The molecule has 0 nitrogen and oxygen atoms in total. The molecular weight excluding hydrogens is 216 g/mol. The Labute approximate surface area is 115 Å². The molecule has 0 aliphatic rings. The van der Waals surface area contributed by atoms with Crippen LogP contribution in [0.3, 0.4) is 0 Å². The van der Waals surface area contributed by atoms with E-state index in [1.54, 1.807) is 0 Å². The molecule has 0 aromatic carbocycles. The lowest BCUT2D eigenvalue weighted by atomic mass is 10.1. The van der Waals surface area contributed by atoms with Crippen LogP contribution >= 0.6 is 0 Å². The van der Waals surface area contributed by atoms with E-state index in [1.165, 1.54) is 55.2 Å². The van der Waals surface area contributed by atoms with Crippen LogP contribution in [0.2, 0.25) is 0 Å². The van der Waals surface area contributed by atoms with Crippen LogP contribution in [0, 0.1) is 6.42 Å². The van der Waals surface area contributed by atoms with Crippen LogP contribution in [0.5, 0.6) is 0 Å². The van der Waals surface area contributed by atoms with Crippen molar-refractivity contribution in [2.24, 2.45) is 0 Å². The van der Waals surface area contributed by atoms with Gasteiger partial charge in [0, 0.05) is 0 Å². The van der Waals surface area contributed by atoms with Gasteiger partial charge in [0.25, 0.3) is 0 Å². The summed E-state index contributed by atoms with van der Waals surface area (Å²) < 4.78 is 0. The van der Waals surface area contributed by atoms with Crippen LogP contribution in [0.1, 0.15) is 73.1 Å². The number of hydrogen-bond acceptors (Lipinski definition) is 0. The standard InChI is InChI=1S/C18H31/c1-6-7-8-12-17(4)14-10-15-18(5)13-9-11-16(2)3/h6,11-12,15H,7-10,13-14H2,1-5H3/b17-12+,18-15+. The normalized spacial score (nSPS) is 12.7. The van der Waals surface area contributed by atoms with Gasteiger partial charge in [-0.15, -0.1) is 0 Å². The maximum absolute atomic E-state index is 2.40. The number of hydrogen-bond donors (Lipinski definition) is 0. The number of unbranched alkanes of at least 4 members (excludes halogenated alkanes) is 2. The second-order valence-corrected chi connectivity index (χ2v) is 5.45. The minimum Gasteiger partial charge on any atom is -0.0856 e. The van der Waals surface area contributed by atoms with Gasteiger partial charge >= 0.3 is 0 Å². The van der Waals surface area contributed by atoms with Crippen LogP contribution < -0.4 is 0 Å². The largest absolute Gasteiger partial charge is 0.0856 e. The van der Waals surface area contributed by atoms with E-state index in [9.17, 15) is 0 Å². The van der Waals surface area contributed by atoms with Crippen molar-refractivity contribution < 1.29 is 0 Å². The predicted octanol–water partition coefficient (Wildman–Crippen LogP) is 6.41. The quantitative estimate of drug-likeness (QED) is 0.326. The van der Waals surface area contributed by atoms with Gasteiger partial charge in [0.05, 0.1) is 0 Å². The second-order valence-electron chi connectivity index (χ2n) is 5.45. The molecule has 0 aromatic rings. The van der Waals surface area contributed by atoms with E-state index < -0.39 is 0 Å². The summed E-state index contributed by atoms with van der Waals surface area (Å²) in [6.45, 7) is 11.0. The van der Waals surface area contributed by atoms with Crippen LogP contribution in [0.25, 0.3) is 0 Å². The molecule has 0 bridgehead atoms. The van der Waals surface area contributed by atoms with Crippen molar-refractivity contribution in [3.63, 3.8) is 0 Å². The molecule has 18 heavy (non-hydrogen) atoms. The van der Waals surface area contributed by atoms with E-state index in [0.717, 1.165) is 0 Å². The summed E-state index contributed by atoms with van der Waals surface area (Å²) in [6.07, 6.45) is 16.5. The molecular formula is C18H31. The van der Waals surface area contributed by atoms with E-state index in [-0.39, 0.29) is 0 Å². The van der Waals surface area contributed by atoms with Crippen LogP contribution in [-0.2, 0) is 0 Å². The zero-order valence-electron chi connectivity index (χ0n) is 13.1. The molecule has 103 valence electrons. The summed E-state index contributed by atoms with van der Waals surface area (Å²) >= 11 is 0. The Bertz CT molecular complexity index is 285. The molecule has 0 amide bonds. The molecule has 0 unspecified atom stereocenters. The second kappa shape index (κ2) is 11.3. The molecule has 1 radical (unpaired) electrons. The highest BCUT2D eigenvalue weighted by Crippen LogP contribution is 2.12. The van der Waals surface area contributed by atoms with Crippen molar-refractivity contribution in [3.05, 3.63) is 41.4 Å². The minimum absolute atomic E-state index is 1.19. The lowest BCUT2D eigenvalue weighted by molar-refractivity contribution is 0.899. The first-order valence-corrected chi connectivity index (χ1v) is 7.28. The molecule has 0 heteroatoms. The van der Waals surface area contributed by atoms with E-state index in [2.05, 4.69) is 59.3 Å². The fourth-order valence-electron chi connectivity index (χ4n) is 1.84. The number of rotatable bonds is 9. The Morgan fingerprint density at radius 1 is 0.667 bits per heavy atom. The van der Waals surface area contributed by atoms with Gasteiger partial charge in [-0.2, -0.15) is 0 Å². The van der Waals surface area contributed by atoms with Gasteiger partial charge in [-0.1, -0.05) is 41.9 Å². The van der Waals surface area contributed by atoms with Crippen LogP contribution in [0.15, 0.2) is 34.9 Å².